The predicted molar refractivity (Wildman–Crippen MR) is 92.0 cm³/mol. The molecule has 5 nitrogen and oxygen atoms in total. The van der Waals surface area contributed by atoms with Gasteiger partial charge in [0.05, 0.1) is 0 Å². The molecule has 1 aromatic rings. The monoisotopic (exact) mass is 350 g/mol. The lowest BCUT2D eigenvalue weighted by Crippen LogP contribution is -2.54. The molecule has 1 aliphatic carbocycles. The van der Waals surface area contributed by atoms with E-state index in [2.05, 4.69) is 5.32 Å². The molecule has 0 unspecified atom stereocenters. The highest BCUT2D eigenvalue weighted by Crippen LogP contribution is 2.47. The summed E-state index contributed by atoms with van der Waals surface area (Å²) in [5.74, 6) is 0.703. The molecule has 2 atom stereocenters. The molecule has 1 heterocycles. The zero-order chi connectivity index (χ0) is 17.2. The molecule has 0 spiro atoms. The van der Waals surface area contributed by atoms with Gasteiger partial charge in [0.2, 0.25) is 5.91 Å². The summed E-state index contributed by atoms with van der Waals surface area (Å²) in [6.45, 7) is 0.593. The molecular formula is C18H23ClN2O3. The number of nitrogens with zero attached hydrogens (tertiary/aromatic N) is 1. The molecule has 130 valence electrons. The van der Waals surface area contributed by atoms with E-state index in [1.54, 1.807) is 24.3 Å². The Balaban J connectivity index is 1.52. The van der Waals surface area contributed by atoms with E-state index in [9.17, 15) is 9.59 Å². The van der Waals surface area contributed by atoms with Gasteiger partial charge in [0.25, 0.3) is 5.91 Å². The Kier molecular flexibility index (Phi) is 4.99. The third-order valence-corrected chi connectivity index (χ3v) is 5.63. The zero-order valence-electron chi connectivity index (χ0n) is 13.9. The third kappa shape index (κ3) is 3.51. The van der Waals surface area contributed by atoms with E-state index in [-0.39, 0.29) is 29.9 Å². The van der Waals surface area contributed by atoms with Crippen LogP contribution in [0.25, 0.3) is 0 Å². The van der Waals surface area contributed by atoms with Crippen LogP contribution in [0.3, 0.4) is 0 Å². The summed E-state index contributed by atoms with van der Waals surface area (Å²) in [7, 11) is 1.89. The number of ether oxygens (including phenoxy) is 1. The summed E-state index contributed by atoms with van der Waals surface area (Å²) < 4.78 is 5.47. The molecule has 1 saturated carbocycles. The van der Waals surface area contributed by atoms with Crippen molar-refractivity contribution in [2.75, 3.05) is 20.2 Å². The molecule has 24 heavy (non-hydrogen) atoms. The topological polar surface area (TPSA) is 58.6 Å². The summed E-state index contributed by atoms with van der Waals surface area (Å²) in [6, 6.07) is 7.18. The normalized spacial score (nSPS) is 26.2. The van der Waals surface area contributed by atoms with Crippen molar-refractivity contribution in [3.63, 3.8) is 0 Å². The van der Waals surface area contributed by atoms with Crippen LogP contribution in [0, 0.1) is 5.41 Å². The number of rotatable bonds is 5. The Morgan fingerprint density at radius 2 is 2.12 bits per heavy atom. The molecular weight excluding hydrogens is 328 g/mol. The van der Waals surface area contributed by atoms with Gasteiger partial charge in [0.15, 0.2) is 6.61 Å². The quantitative estimate of drug-likeness (QED) is 0.888. The fraction of sp³-hybridized carbons (Fsp3) is 0.556. The molecule has 6 heteroatoms. The summed E-state index contributed by atoms with van der Waals surface area (Å²) >= 11 is 5.82. The molecule has 1 saturated heterocycles. The Bertz CT molecular complexity index is 619. The number of halogens is 1. The van der Waals surface area contributed by atoms with Gasteiger partial charge >= 0.3 is 0 Å². The first-order valence-electron chi connectivity index (χ1n) is 8.41. The Morgan fingerprint density at radius 3 is 2.88 bits per heavy atom. The predicted octanol–water partition coefficient (Wildman–Crippen LogP) is 2.63. The number of carbonyl (C=O) groups excluding carboxylic acids is 2. The summed E-state index contributed by atoms with van der Waals surface area (Å²) in [4.78, 5) is 25.9. The summed E-state index contributed by atoms with van der Waals surface area (Å²) in [5.41, 5.74) is 0.0264. The first-order chi connectivity index (χ1) is 11.5. The summed E-state index contributed by atoms with van der Waals surface area (Å²) in [6.07, 6.45) is 4.63. The fourth-order valence-electron chi connectivity index (χ4n) is 4.02. The van der Waals surface area contributed by atoms with Gasteiger partial charge in [-0.3, -0.25) is 9.59 Å². The minimum atomic E-state index is -0.135. The number of benzene rings is 1. The molecule has 0 radical (unpaired) electrons. The highest BCUT2D eigenvalue weighted by atomic mass is 35.5. The third-order valence-electron chi connectivity index (χ3n) is 5.38. The zero-order valence-corrected chi connectivity index (χ0v) is 14.6. The highest BCUT2D eigenvalue weighted by Gasteiger charge is 2.49. The van der Waals surface area contributed by atoms with Crippen LogP contribution in [0.1, 0.15) is 32.1 Å². The fourth-order valence-corrected chi connectivity index (χ4v) is 4.15. The van der Waals surface area contributed by atoms with Gasteiger partial charge < -0.3 is 15.0 Å². The van der Waals surface area contributed by atoms with Crippen molar-refractivity contribution in [2.24, 2.45) is 5.41 Å². The number of carbonyl (C=O) groups is 2. The van der Waals surface area contributed by atoms with E-state index in [4.69, 9.17) is 16.3 Å². The maximum absolute atomic E-state index is 12.1. The number of likely N-dealkylation sites (tertiary alicyclic amines) is 1. The second-order valence-electron chi connectivity index (χ2n) is 6.79. The van der Waals surface area contributed by atoms with Gasteiger partial charge in [-0.25, -0.2) is 0 Å². The van der Waals surface area contributed by atoms with Crippen LogP contribution in [0.4, 0.5) is 0 Å². The Hall–Kier alpha value is -1.75. The van der Waals surface area contributed by atoms with Crippen LogP contribution < -0.4 is 10.1 Å². The van der Waals surface area contributed by atoms with Crippen molar-refractivity contribution in [1.82, 2.24) is 10.2 Å². The van der Waals surface area contributed by atoms with E-state index in [0.29, 0.717) is 23.7 Å². The van der Waals surface area contributed by atoms with Crippen LogP contribution in [0.15, 0.2) is 24.3 Å². The van der Waals surface area contributed by atoms with Gasteiger partial charge in [0.1, 0.15) is 5.75 Å². The summed E-state index contributed by atoms with van der Waals surface area (Å²) in [5, 5.41) is 3.64. The van der Waals surface area contributed by atoms with Crippen LogP contribution in [0.5, 0.6) is 5.75 Å². The van der Waals surface area contributed by atoms with E-state index in [1.807, 2.05) is 11.9 Å². The molecule has 1 N–H and O–H groups in total. The lowest BCUT2D eigenvalue weighted by Gasteiger charge is -2.44. The average molecular weight is 351 g/mol. The van der Waals surface area contributed by atoms with Gasteiger partial charge in [-0.1, -0.05) is 18.0 Å². The van der Waals surface area contributed by atoms with E-state index in [0.717, 1.165) is 25.7 Å². The van der Waals surface area contributed by atoms with Crippen LogP contribution in [-0.4, -0.2) is 43.0 Å². The van der Waals surface area contributed by atoms with Crippen LogP contribution in [0.2, 0.25) is 5.02 Å². The second-order valence-corrected chi connectivity index (χ2v) is 7.23. The van der Waals surface area contributed by atoms with Crippen molar-refractivity contribution >= 4 is 23.4 Å². The van der Waals surface area contributed by atoms with Crippen molar-refractivity contribution in [2.45, 2.75) is 38.1 Å². The van der Waals surface area contributed by atoms with Crippen LogP contribution in [-0.2, 0) is 9.59 Å². The van der Waals surface area contributed by atoms with E-state index >= 15 is 0 Å². The number of hydrogen-bond acceptors (Lipinski definition) is 3. The number of fused-ring (bicyclic) bond motifs is 1. The molecule has 3 rings (SSSR count). The molecule has 0 bridgehead atoms. The lowest BCUT2D eigenvalue weighted by atomic mass is 9.74. The van der Waals surface area contributed by atoms with Gasteiger partial charge in [-0.15, -0.1) is 0 Å². The van der Waals surface area contributed by atoms with Crippen molar-refractivity contribution in [3.05, 3.63) is 29.3 Å². The smallest absolute Gasteiger partial charge is 0.257 e. The SMILES string of the molecule is CN1C(=O)CC[C@]2(CNC(=O)COc3ccc(Cl)cc3)CCC[C@@H]12. The minimum absolute atomic E-state index is 0.0167. The second kappa shape index (κ2) is 7.01. The van der Waals surface area contributed by atoms with E-state index in [1.165, 1.54) is 0 Å². The van der Waals surface area contributed by atoms with Crippen molar-refractivity contribution < 1.29 is 14.3 Å². The van der Waals surface area contributed by atoms with Gasteiger partial charge in [-0.2, -0.15) is 0 Å². The number of piperidine rings is 1. The molecule has 2 aliphatic rings. The lowest BCUT2D eigenvalue weighted by molar-refractivity contribution is -0.139. The van der Waals surface area contributed by atoms with E-state index < -0.39 is 0 Å². The van der Waals surface area contributed by atoms with Crippen molar-refractivity contribution in [1.29, 1.82) is 0 Å². The molecule has 2 amide bonds. The standard InChI is InChI=1S/C18H23ClN2O3/c1-21-15-3-2-9-18(15,10-8-17(21)23)12-20-16(22)11-24-14-6-4-13(19)5-7-14/h4-7,15H,2-3,8-12H2,1H3,(H,20,22)/t15-,18+/m1/s1. The first-order valence-corrected chi connectivity index (χ1v) is 8.79. The Labute approximate surface area is 147 Å². The maximum Gasteiger partial charge on any atom is 0.257 e. The molecule has 1 aliphatic heterocycles. The number of amides is 2. The first kappa shape index (κ1) is 17.1. The Morgan fingerprint density at radius 1 is 1.38 bits per heavy atom. The maximum atomic E-state index is 12.1. The number of hydrogen-bond donors (Lipinski definition) is 1. The number of nitrogens with one attached hydrogen (secondary N) is 1. The van der Waals surface area contributed by atoms with Crippen molar-refractivity contribution in [3.8, 4) is 5.75 Å². The molecule has 0 aromatic heterocycles. The molecule has 2 fully saturated rings. The molecule has 1 aromatic carbocycles. The largest absolute Gasteiger partial charge is 0.484 e. The van der Waals surface area contributed by atoms with Crippen LogP contribution >= 0.6 is 11.6 Å². The average Bonchev–Trinajstić information content (AvgIpc) is 3.01. The van der Waals surface area contributed by atoms with Gasteiger partial charge in [-0.05, 0) is 43.5 Å². The van der Waals surface area contributed by atoms with Gasteiger partial charge in [0, 0.05) is 36.5 Å². The minimum Gasteiger partial charge on any atom is -0.484 e. The highest BCUT2D eigenvalue weighted by molar-refractivity contribution is 6.30.